The van der Waals surface area contributed by atoms with Gasteiger partial charge in [0.25, 0.3) is 0 Å². The third kappa shape index (κ3) is 6.42. The maximum Gasteiger partial charge on any atom is 0.128 e. The lowest BCUT2D eigenvalue weighted by Crippen LogP contribution is -2.33. The fourth-order valence-corrected chi connectivity index (χ4v) is 4.57. The second kappa shape index (κ2) is 9.90. The van der Waals surface area contributed by atoms with Crippen LogP contribution in [0.2, 0.25) is 5.02 Å². The molecule has 1 aromatic carbocycles. The van der Waals surface area contributed by atoms with Crippen molar-refractivity contribution >= 4 is 17.3 Å². The average Bonchev–Trinajstić information content (AvgIpc) is 3.54. The second-order valence-corrected chi connectivity index (χ2v) is 9.34. The molecule has 1 saturated carbocycles. The molecule has 0 unspecified atom stereocenters. The van der Waals surface area contributed by atoms with Gasteiger partial charge in [-0.2, -0.15) is 0 Å². The number of nitrogens with two attached hydrogens (primary N) is 1. The molecular formula is C24H33ClN4. The maximum absolute atomic E-state index is 6.15. The van der Waals surface area contributed by atoms with Crippen molar-refractivity contribution in [3.05, 3.63) is 52.6 Å². The predicted molar refractivity (Wildman–Crippen MR) is 120 cm³/mol. The third-order valence-electron chi connectivity index (χ3n) is 6.40. The Bertz CT molecular complexity index is 797. The molecule has 2 fully saturated rings. The summed E-state index contributed by atoms with van der Waals surface area (Å²) in [5.41, 5.74) is 8.97. The molecule has 0 amide bonds. The fraction of sp³-hybridized carbons (Fsp3) is 0.583. The molecule has 29 heavy (non-hydrogen) atoms. The number of piperidine rings is 1. The second-order valence-electron chi connectivity index (χ2n) is 8.93. The molecule has 1 aliphatic carbocycles. The number of nitrogen functional groups attached to an aromatic ring is 1. The average molecular weight is 413 g/mol. The topological polar surface area (TPSA) is 55.0 Å². The number of halogens is 1. The number of hydrogen-bond donors (Lipinski definition) is 1. The van der Waals surface area contributed by atoms with E-state index in [1.54, 1.807) is 0 Å². The number of rotatable bonds is 9. The first-order chi connectivity index (χ1) is 14.2. The highest BCUT2D eigenvalue weighted by atomic mass is 35.5. The lowest BCUT2D eigenvalue weighted by Gasteiger charge is -2.32. The van der Waals surface area contributed by atoms with Crippen LogP contribution < -0.4 is 5.73 Å². The number of unbranched alkanes of at least 4 members (excludes halogenated alkanes) is 1. The van der Waals surface area contributed by atoms with Gasteiger partial charge in [0.1, 0.15) is 5.82 Å². The van der Waals surface area contributed by atoms with E-state index < -0.39 is 0 Å². The third-order valence-corrected chi connectivity index (χ3v) is 6.73. The molecule has 0 bridgehead atoms. The number of nitrogens with zero attached hydrogens (tertiary/aromatic N) is 3. The van der Waals surface area contributed by atoms with E-state index >= 15 is 0 Å². The Morgan fingerprint density at radius 2 is 1.86 bits per heavy atom. The summed E-state index contributed by atoms with van der Waals surface area (Å²) in [6.45, 7) is 3.33. The smallest absolute Gasteiger partial charge is 0.128 e. The Labute approximate surface area is 179 Å². The van der Waals surface area contributed by atoms with Gasteiger partial charge in [-0.05, 0) is 87.2 Å². The van der Waals surface area contributed by atoms with Crippen molar-refractivity contribution in [1.82, 2.24) is 14.9 Å². The zero-order chi connectivity index (χ0) is 20.1. The van der Waals surface area contributed by atoms with Gasteiger partial charge >= 0.3 is 0 Å². The highest BCUT2D eigenvalue weighted by molar-refractivity contribution is 6.33. The van der Waals surface area contributed by atoms with Gasteiger partial charge in [0, 0.05) is 24.9 Å². The Kier molecular flexibility index (Phi) is 7.04. The van der Waals surface area contributed by atoms with E-state index in [9.17, 15) is 0 Å². The van der Waals surface area contributed by atoms with Crippen molar-refractivity contribution < 1.29 is 0 Å². The van der Waals surface area contributed by atoms with Crippen LogP contribution in [0.4, 0.5) is 5.69 Å². The van der Waals surface area contributed by atoms with Crippen molar-refractivity contribution in [3.63, 3.8) is 0 Å². The van der Waals surface area contributed by atoms with E-state index in [0.29, 0.717) is 10.7 Å². The molecule has 2 aliphatic rings. The fourth-order valence-electron chi connectivity index (χ4n) is 4.37. The minimum absolute atomic E-state index is 0.661. The Balaban J connectivity index is 1.13. The molecule has 0 radical (unpaired) electrons. The van der Waals surface area contributed by atoms with E-state index in [1.165, 1.54) is 69.3 Å². The normalized spacial score (nSPS) is 18.2. The van der Waals surface area contributed by atoms with Crippen molar-refractivity contribution in [1.29, 1.82) is 0 Å². The van der Waals surface area contributed by atoms with E-state index in [2.05, 4.69) is 22.0 Å². The number of likely N-dealkylation sites (tertiary alicyclic amines) is 1. The van der Waals surface area contributed by atoms with Gasteiger partial charge < -0.3 is 5.73 Å². The molecule has 4 rings (SSSR count). The van der Waals surface area contributed by atoms with Crippen molar-refractivity contribution in [3.8, 4) is 0 Å². The molecule has 1 aliphatic heterocycles. The van der Waals surface area contributed by atoms with Crippen LogP contribution in [0.3, 0.4) is 0 Å². The minimum Gasteiger partial charge on any atom is -0.398 e. The van der Waals surface area contributed by atoms with Crippen LogP contribution in [0, 0.1) is 11.8 Å². The predicted octanol–water partition coefficient (Wildman–Crippen LogP) is 5.29. The molecule has 2 N–H and O–H groups in total. The van der Waals surface area contributed by atoms with Crippen LogP contribution in [0.5, 0.6) is 0 Å². The standard InChI is InChI=1S/C24H33ClN4/c25-22-16-20(7-8-23(22)26)17-29-13-10-18(11-14-29)3-1-2-4-24-27-12-9-21(28-24)15-19-5-6-19/h7-9,12,16,18-19H,1-6,10-11,13-15,17,26H2. The van der Waals surface area contributed by atoms with Crippen LogP contribution in [0.1, 0.15) is 62.0 Å². The van der Waals surface area contributed by atoms with Crippen LogP contribution in [0.15, 0.2) is 30.5 Å². The molecule has 1 aromatic heterocycles. The highest BCUT2D eigenvalue weighted by Crippen LogP contribution is 2.32. The first-order valence-corrected chi connectivity index (χ1v) is 11.6. The lowest BCUT2D eigenvalue weighted by molar-refractivity contribution is 0.170. The molecular weight excluding hydrogens is 380 g/mol. The summed E-state index contributed by atoms with van der Waals surface area (Å²) in [6, 6.07) is 8.10. The first-order valence-electron chi connectivity index (χ1n) is 11.2. The van der Waals surface area contributed by atoms with Gasteiger partial charge in [0.2, 0.25) is 0 Å². The van der Waals surface area contributed by atoms with Crippen molar-refractivity contribution in [2.45, 2.75) is 64.3 Å². The number of benzene rings is 1. The lowest BCUT2D eigenvalue weighted by atomic mass is 9.91. The van der Waals surface area contributed by atoms with Gasteiger partial charge in [-0.1, -0.05) is 30.5 Å². The van der Waals surface area contributed by atoms with Gasteiger partial charge in [0.15, 0.2) is 0 Å². The first kappa shape index (κ1) is 20.6. The number of aromatic nitrogens is 2. The highest BCUT2D eigenvalue weighted by Gasteiger charge is 2.22. The monoisotopic (exact) mass is 412 g/mol. The summed E-state index contributed by atoms with van der Waals surface area (Å²) in [5, 5.41) is 0.666. The Morgan fingerprint density at radius 3 is 2.62 bits per heavy atom. The van der Waals surface area contributed by atoms with E-state index in [4.69, 9.17) is 22.3 Å². The van der Waals surface area contributed by atoms with Gasteiger partial charge in [-0.15, -0.1) is 0 Å². The summed E-state index contributed by atoms with van der Waals surface area (Å²) in [5.74, 6) is 2.80. The molecule has 156 valence electrons. The summed E-state index contributed by atoms with van der Waals surface area (Å²) in [4.78, 5) is 11.8. The van der Waals surface area contributed by atoms with E-state index in [-0.39, 0.29) is 0 Å². The van der Waals surface area contributed by atoms with Crippen molar-refractivity contribution in [2.24, 2.45) is 11.8 Å². The zero-order valence-corrected chi connectivity index (χ0v) is 18.1. The summed E-state index contributed by atoms with van der Waals surface area (Å²) in [7, 11) is 0. The summed E-state index contributed by atoms with van der Waals surface area (Å²) >= 11 is 6.15. The number of hydrogen-bond acceptors (Lipinski definition) is 4. The molecule has 2 heterocycles. The molecule has 4 nitrogen and oxygen atoms in total. The SMILES string of the molecule is Nc1ccc(CN2CCC(CCCCc3nccc(CC4CC4)n3)CC2)cc1Cl. The Hall–Kier alpha value is -1.65. The van der Waals surface area contributed by atoms with E-state index in [0.717, 1.165) is 37.0 Å². The molecule has 0 spiro atoms. The molecule has 1 saturated heterocycles. The van der Waals surface area contributed by atoms with E-state index in [1.807, 2.05) is 18.3 Å². The quantitative estimate of drug-likeness (QED) is 0.449. The summed E-state index contributed by atoms with van der Waals surface area (Å²) in [6.07, 6.45) is 13.3. The van der Waals surface area contributed by atoms with Crippen molar-refractivity contribution in [2.75, 3.05) is 18.8 Å². The Morgan fingerprint density at radius 1 is 1.03 bits per heavy atom. The minimum atomic E-state index is 0.661. The van der Waals surface area contributed by atoms with Crippen LogP contribution >= 0.6 is 11.6 Å². The summed E-state index contributed by atoms with van der Waals surface area (Å²) < 4.78 is 0. The molecule has 0 atom stereocenters. The number of anilines is 1. The zero-order valence-electron chi connectivity index (χ0n) is 17.3. The maximum atomic E-state index is 6.15. The largest absolute Gasteiger partial charge is 0.398 e. The van der Waals surface area contributed by atoms with Gasteiger partial charge in [-0.3, -0.25) is 4.90 Å². The van der Waals surface area contributed by atoms with Gasteiger partial charge in [0.05, 0.1) is 10.7 Å². The van der Waals surface area contributed by atoms with Crippen LogP contribution in [-0.4, -0.2) is 28.0 Å². The van der Waals surface area contributed by atoms with Crippen LogP contribution in [-0.2, 0) is 19.4 Å². The number of aryl methyl sites for hydroxylation is 1. The molecule has 5 heteroatoms. The van der Waals surface area contributed by atoms with Crippen LogP contribution in [0.25, 0.3) is 0 Å². The molecule has 2 aromatic rings. The van der Waals surface area contributed by atoms with Gasteiger partial charge in [-0.25, -0.2) is 9.97 Å².